The van der Waals surface area contributed by atoms with Crippen molar-refractivity contribution in [1.82, 2.24) is 10.4 Å². The number of nitrogens with zero attached hydrogens (tertiary/aromatic N) is 1. The van der Waals surface area contributed by atoms with Gasteiger partial charge in [-0.15, -0.1) is 0 Å². The minimum absolute atomic E-state index is 0.0628. The molecule has 2 aliphatic rings. The molecule has 0 spiro atoms. The van der Waals surface area contributed by atoms with Crippen LogP contribution in [-0.4, -0.2) is 29.6 Å². The van der Waals surface area contributed by atoms with E-state index in [4.69, 9.17) is 4.84 Å². The molecule has 0 radical (unpaired) electrons. The monoisotopic (exact) mass is 404 g/mol. The number of piperidine rings is 1. The van der Waals surface area contributed by atoms with Gasteiger partial charge in [0.15, 0.2) is 0 Å². The standard InChI is InChI=1S/C27H36N2O/c1-22-21-29(18-16-25(22)14-13-23-9-5-3-6-10-23)26-15-17-27(2,19-26)30-28-20-24-11-7-4-8-12-24/h3-14,22,25-26,28H,15-21H2,1-2H3/b14-13-/t22?,25-,26?,27?/m1/s1. The normalized spacial score (nSPS) is 30.1. The van der Waals surface area contributed by atoms with Crippen LogP contribution in [0.4, 0.5) is 0 Å². The Balaban J connectivity index is 1.24. The first kappa shape index (κ1) is 21.3. The minimum Gasteiger partial charge on any atom is -0.300 e. The van der Waals surface area contributed by atoms with E-state index in [0.29, 0.717) is 17.9 Å². The first-order valence-electron chi connectivity index (χ1n) is 11.5. The summed E-state index contributed by atoms with van der Waals surface area (Å²) in [5, 5.41) is 0. The Morgan fingerprint density at radius 3 is 2.53 bits per heavy atom. The highest BCUT2D eigenvalue weighted by molar-refractivity contribution is 5.49. The van der Waals surface area contributed by atoms with E-state index in [0.717, 1.165) is 19.4 Å². The summed E-state index contributed by atoms with van der Waals surface area (Å²) in [6, 6.07) is 21.8. The highest BCUT2D eigenvalue weighted by Gasteiger charge is 2.40. The zero-order valence-electron chi connectivity index (χ0n) is 18.5. The molecular weight excluding hydrogens is 368 g/mol. The molecule has 2 fully saturated rings. The second kappa shape index (κ2) is 9.91. The molecule has 30 heavy (non-hydrogen) atoms. The maximum Gasteiger partial charge on any atom is 0.0884 e. The largest absolute Gasteiger partial charge is 0.300 e. The zero-order chi connectivity index (χ0) is 20.8. The van der Waals surface area contributed by atoms with Crippen molar-refractivity contribution >= 4 is 6.08 Å². The van der Waals surface area contributed by atoms with Gasteiger partial charge in [-0.1, -0.05) is 79.7 Å². The van der Waals surface area contributed by atoms with Crippen LogP contribution in [0.1, 0.15) is 50.7 Å². The molecule has 0 bridgehead atoms. The molecular formula is C27H36N2O. The molecule has 1 aliphatic carbocycles. The third-order valence-corrected chi connectivity index (χ3v) is 6.97. The number of nitrogens with one attached hydrogen (secondary N) is 1. The van der Waals surface area contributed by atoms with Gasteiger partial charge in [-0.25, -0.2) is 0 Å². The molecule has 1 heterocycles. The van der Waals surface area contributed by atoms with Crippen molar-refractivity contribution in [2.24, 2.45) is 11.8 Å². The number of hydrogen-bond donors (Lipinski definition) is 1. The summed E-state index contributed by atoms with van der Waals surface area (Å²) in [4.78, 5) is 8.89. The van der Waals surface area contributed by atoms with Gasteiger partial charge in [0.1, 0.15) is 0 Å². The van der Waals surface area contributed by atoms with Gasteiger partial charge < -0.3 is 0 Å². The molecule has 1 saturated carbocycles. The number of allylic oxidation sites excluding steroid dienone is 1. The van der Waals surface area contributed by atoms with E-state index >= 15 is 0 Å². The Hall–Kier alpha value is -1.94. The van der Waals surface area contributed by atoms with Crippen molar-refractivity contribution in [2.45, 2.75) is 57.7 Å². The van der Waals surface area contributed by atoms with E-state index in [-0.39, 0.29) is 5.60 Å². The molecule has 0 aromatic heterocycles. The number of hydrogen-bond acceptors (Lipinski definition) is 3. The quantitative estimate of drug-likeness (QED) is 0.600. The van der Waals surface area contributed by atoms with Crippen molar-refractivity contribution in [2.75, 3.05) is 13.1 Å². The molecule has 3 heteroatoms. The maximum atomic E-state index is 6.16. The van der Waals surface area contributed by atoms with Gasteiger partial charge in [0.2, 0.25) is 0 Å². The van der Waals surface area contributed by atoms with E-state index in [1.165, 1.54) is 37.1 Å². The van der Waals surface area contributed by atoms with Gasteiger partial charge in [0.05, 0.1) is 5.60 Å². The van der Waals surface area contributed by atoms with E-state index in [9.17, 15) is 0 Å². The Kier molecular flexibility index (Phi) is 7.04. The van der Waals surface area contributed by atoms with Crippen LogP contribution in [-0.2, 0) is 11.4 Å². The van der Waals surface area contributed by atoms with Gasteiger partial charge in [-0.05, 0) is 62.1 Å². The lowest BCUT2D eigenvalue weighted by Gasteiger charge is -2.39. The SMILES string of the molecule is CC1CN(C2CCC(C)(ONCc3ccccc3)C2)CC[C@H]1/C=C\c1ccccc1. The van der Waals surface area contributed by atoms with E-state index in [1.54, 1.807) is 0 Å². The number of rotatable bonds is 7. The number of hydroxylamine groups is 1. The number of benzene rings is 2. The summed E-state index contributed by atoms with van der Waals surface area (Å²) in [5.74, 6) is 1.38. The summed E-state index contributed by atoms with van der Waals surface area (Å²) >= 11 is 0. The highest BCUT2D eigenvalue weighted by Crippen LogP contribution is 2.38. The summed E-state index contributed by atoms with van der Waals surface area (Å²) in [7, 11) is 0. The second-order valence-corrected chi connectivity index (χ2v) is 9.45. The van der Waals surface area contributed by atoms with Gasteiger partial charge in [0.25, 0.3) is 0 Å². The van der Waals surface area contributed by atoms with E-state index in [2.05, 4.69) is 97.0 Å². The first-order chi connectivity index (χ1) is 14.6. The fraction of sp³-hybridized carbons (Fsp3) is 0.481. The Morgan fingerprint density at radius 1 is 1.07 bits per heavy atom. The number of likely N-dealkylation sites (tertiary alicyclic amines) is 1. The Labute approximate surface area is 182 Å². The maximum absolute atomic E-state index is 6.16. The molecule has 4 atom stereocenters. The van der Waals surface area contributed by atoms with Crippen LogP contribution >= 0.6 is 0 Å². The molecule has 1 N–H and O–H groups in total. The minimum atomic E-state index is -0.0628. The van der Waals surface area contributed by atoms with Crippen LogP contribution in [0, 0.1) is 11.8 Å². The van der Waals surface area contributed by atoms with E-state index < -0.39 is 0 Å². The molecule has 3 nitrogen and oxygen atoms in total. The van der Waals surface area contributed by atoms with Crippen LogP contribution in [0.5, 0.6) is 0 Å². The highest BCUT2D eigenvalue weighted by atomic mass is 16.7. The summed E-state index contributed by atoms with van der Waals surface area (Å²) in [5.41, 5.74) is 5.73. The molecule has 1 saturated heterocycles. The molecule has 2 aromatic rings. The van der Waals surface area contributed by atoms with Crippen molar-refractivity contribution in [3.8, 4) is 0 Å². The lowest BCUT2D eigenvalue weighted by molar-refractivity contribution is -0.0980. The summed E-state index contributed by atoms with van der Waals surface area (Å²) in [6.07, 6.45) is 9.47. The predicted octanol–water partition coefficient (Wildman–Crippen LogP) is 5.69. The van der Waals surface area contributed by atoms with Crippen molar-refractivity contribution < 1.29 is 4.84 Å². The average molecular weight is 405 g/mol. The van der Waals surface area contributed by atoms with Gasteiger partial charge in [-0.3, -0.25) is 9.74 Å². The molecule has 0 amide bonds. The molecule has 1 aliphatic heterocycles. The smallest absolute Gasteiger partial charge is 0.0884 e. The first-order valence-corrected chi connectivity index (χ1v) is 11.5. The molecule has 160 valence electrons. The van der Waals surface area contributed by atoms with Crippen LogP contribution in [0.3, 0.4) is 0 Å². The Morgan fingerprint density at radius 2 is 1.80 bits per heavy atom. The Bertz CT molecular complexity index is 806. The zero-order valence-corrected chi connectivity index (χ0v) is 18.5. The van der Waals surface area contributed by atoms with Crippen LogP contribution in [0.15, 0.2) is 66.7 Å². The second-order valence-electron chi connectivity index (χ2n) is 9.45. The third kappa shape index (κ3) is 5.60. The fourth-order valence-corrected chi connectivity index (χ4v) is 5.08. The van der Waals surface area contributed by atoms with Gasteiger partial charge >= 0.3 is 0 Å². The van der Waals surface area contributed by atoms with Crippen molar-refractivity contribution in [1.29, 1.82) is 0 Å². The average Bonchev–Trinajstić information content (AvgIpc) is 3.16. The van der Waals surface area contributed by atoms with Crippen LogP contribution < -0.4 is 5.48 Å². The molecule has 3 unspecified atom stereocenters. The predicted molar refractivity (Wildman–Crippen MR) is 125 cm³/mol. The van der Waals surface area contributed by atoms with Gasteiger partial charge in [-0.2, -0.15) is 5.48 Å². The van der Waals surface area contributed by atoms with E-state index in [1.807, 2.05) is 0 Å². The lowest BCUT2D eigenvalue weighted by Crippen LogP contribution is -2.45. The summed E-state index contributed by atoms with van der Waals surface area (Å²) in [6.45, 7) is 7.84. The van der Waals surface area contributed by atoms with Crippen LogP contribution in [0.25, 0.3) is 6.08 Å². The summed E-state index contributed by atoms with van der Waals surface area (Å²) < 4.78 is 0. The third-order valence-electron chi connectivity index (χ3n) is 6.97. The lowest BCUT2D eigenvalue weighted by atomic mass is 9.85. The van der Waals surface area contributed by atoms with Crippen LogP contribution in [0.2, 0.25) is 0 Å². The fourth-order valence-electron chi connectivity index (χ4n) is 5.08. The molecule has 4 rings (SSSR count). The topological polar surface area (TPSA) is 24.5 Å². The van der Waals surface area contributed by atoms with Crippen molar-refractivity contribution in [3.05, 3.63) is 77.9 Å². The van der Waals surface area contributed by atoms with Crippen molar-refractivity contribution in [3.63, 3.8) is 0 Å². The molecule has 2 aromatic carbocycles. The van der Waals surface area contributed by atoms with Gasteiger partial charge in [0, 0.05) is 19.1 Å².